The fourth-order valence-corrected chi connectivity index (χ4v) is 5.94. The largest absolute Gasteiger partial charge is 0.497 e. The van der Waals surface area contributed by atoms with E-state index >= 15 is 0 Å². The Bertz CT molecular complexity index is 1590. The zero-order valence-electron chi connectivity index (χ0n) is 23.7. The Hall–Kier alpha value is -4.22. The molecule has 3 aromatic carbocycles. The summed E-state index contributed by atoms with van der Waals surface area (Å²) in [6.45, 7) is 1.32. The van der Waals surface area contributed by atoms with E-state index in [1.807, 2.05) is 54.6 Å². The van der Waals surface area contributed by atoms with Gasteiger partial charge in [-0.2, -0.15) is 0 Å². The van der Waals surface area contributed by atoms with Crippen molar-refractivity contribution in [2.24, 2.45) is 5.73 Å². The van der Waals surface area contributed by atoms with Gasteiger partial charge in [0.1, 0.15) is 35.5 Å². The molecule has 1 fully saturated rings. The number of aromatic amines is 1. The predicted octanol–water partition coefficient (Wildman–Crippen LogP) is 2.24. The van der Waals surface area contributed by atoms with Gasteiger partial charge in [0.15, 0.2) is 0 Å². The van der Waals surface area contributed by atoms with Gasteiger partial charge < -0.3 is 30.2 Å². The third-order valence-electron chi connectivity index (χ3n) is 8.22. The summed E-state index contributed by atoms with van der Waals surface area (Å²) in [7, 11) is 3.15. The Labute approximate surface area is 242 Å². The molecule has 1 unspecified atom stereocenters. The lowest BCUT2D eigenvalue weighted by molar-refractivity contribution is -0.126. The van der Waals surface area contributed by atoms with Gasteiger partial charge in [0.2, 0.25) is 0 Å². The average molecular weight is 574 g/mol. The molecule has 220 valence electrons. The Balaban J connectivity index is 1.73. The van der Waals surface area contributed by atoms with Crippen molar-refractivity contribution in [3.8, 4) is 11.5 Å². The summed E-state index contributed by atoms with van der Waals surface area (Å²) in [5, 5.41) is 24.5. The molecule has 5 N–H and O–H groups in total. The lowest BCUT2D eigenvalue weighted by Gasteiger charge is -2.44. The van der Waals surface area contributed by atoms with E-state index in [9.17, 15) is 19.8 Å². The van der Waals surface area contributed by atoms with Crippen LogP contribution in [0.15, 0.2) is 94.6 Å². The van der Waals surface area contributed by atoms with E-state index in [-0.39, 0.29) is 13.0 Å². The van der Waals surface area contributed by atoms with Crippen molar-refractivity contribution in [3.63, 3.8) is 0 Å². The number of aliphatic hydroxyl groups is 2. The van der Waals surface area contributed by atoms with E-state index in [0.29, 0.717) is 28.2 Å². The van der Waals surface area contributed by atoms with Gasteiger partial charge >= 0.3 is 5.69 Å². The van der Waals surface area contributed by atoms with E-state index in [0.717, 1.165) is 5.56 Å². The van der Waals surface area contributed by atoms with Crippen molar-refractivity contribution >= 4 is 0 Å². The number of aromatic nitrogens is 2. The molecule has 10 heteroatoms. The Morgan fingerprint density at radius 2 is 1.50 bits per heavy atom. The van der Waals surface area contributed by atoms with Crippen LogP contribution in [-0.2, 0) is 10.2 Å². The van der Waals surface area contributed by atoms with Crippen molar-refractivity contribution in [1.82, 2.24) is 9.55 Å². The van der Waals surface area contributed by atoms with Gasteiger partial charge in [-0.15, -0.1) is 0 Å². The number of methoxy groups -OCH3 is 2. The monoisotopic (exact) mass is 573 g/mol. The SMILES string of the molecule is COc1ccc(C(c2ccccc2)(c2ccc(OC)cc2)C(O)[C@H]2O[C@@H](n3cc(C)c(=O)[nH]c3=O)C[C@@]2(O)CN)cc1. The minimum Gasteiger partial charge on any atom is -0.497 e. The maximum atomic E-state index is 12.8. The van der Waals surface area contributed by atoms with E-state index < -0.39 is 40.7 Å². The number of nitrogens with one attached hydrogen (secondary N) is 1. The highest BCUT2D eigenvalue weighted by molar-refractivity contribution is 5.54. The maximum Gasteiger partial charge on any atom is 0.330 e. The first-order chi connectivity index (χ1) is 20.2. The Kier molecular flexibility index (Phi) is 8.07. The van der Waals surface area contributed by atoms with Crippen LogP contribution in [0.3, 0.4) is 0 Å². The molecule has 0 saturated carbocycles. The molecule has 1 aromatic heterocycles. The third-order valence-corrected chi connectivity index (χ3v) is 8.22. The molecule has 2 heterocycles. The number of benzene rings is 3. The Morgan fingerprint density at radius 1 is 0.976 bits per heavy atom. The summed E-state index contributed by atoms with van der Waals surface area (Å²) in [4.78, 5) is 27.1. The van der Waals surface area contributed by atoms with Gasteiger partial charge in [-0.3, -0.25) is 14.3 Å². The van der Waals surface area contributed by atoms with Crippen molar-refractivity contribution in [2.45, 2.75) is 42.8 Å². The fraction of sp³-hybridized carbons (Fsp3) is 0.312. The second-order valence-corrected chi connectivity index (χ2v) is 10.6. The number of nitrogens with two attached hydrogens (primary N) is 1. The molecule has 4 atom stereocenters. The van der Waals surface area contributed by atoms with Crippen LogP contribution in [0, 0.1) is 6.92 Å². The molecule has 0 bridgehead atoms. The van der Waals surface area contributed by atoms with Crippen LogP contribution in [0.4, 0.5) is 0 Å². The van der Waals surface area contributed by atoms with Crippen molar-refractivity contribution in [3.05, 3.63) is 128 Å². The fourth-order valence-electron chi connectivity index (χ4n) is 5.94. The van der Waals surface area contributed by atoms with E-state index in [1.165, 1.54) is 10.8 Å². The van der Waals surface area contributed by atoms with Gasteiger partial charge in [-0.25, -0.2) is 4.79 Å². The average Bonchev–Trinajstić information content (AvgIpc) is 3.38. The van der Waals surface area contributed by atoms with E-state index in [4.69, 9.17) is 19.9 Å². The smallest absolute Gasteiger partial charge is 0.330 e. The van der Waals surface area contributed by atoms with Gasteiger partial charge in [-0.1, -0.05) is 54.6 Å². The molecule has 0 amide bonds. The van der Waals surface area contributed by atoms with E-state index in [1.54, 1.807) is 45.4 Å². The zero-order chi connectivity index (χ0) is 30.1. The number of ether oxygens (including phenoxy) is 3. The predicted molar refractivity (Wildman–Crippen MR) is 157 cm³/mol. The summed E-state index contributed by atoms with van der Waals surface area (Å²) in [6, 6.07) is 24.1. The molecular weight excluding hydrogens is 538 g/mol. The number of hydrogen-bond donors (Lipinski definition) is 4. The Morgan fingerprint density at radius 3 is 2.00 bits per heavy atom. The van der Waals surface area contributed by atoms with Crippen LogP contribution in [0.1, 0.15) is 34.9 Å². The number of hydrogen-bond acceptors (Lipinski definition) is 8. The lowest BCUT2D eigenvalue weighted by atomic mass is 9.63. The number of aliphatic hydroxyl groups excluding tert-OH is 1. The molecule has 1 aliphatic heterocycles. The van der Waals surface area contributed by atoms with Gasteiger partial charge in [0, 0.05) is 24.7 Å². The summed E-state index contributed by atoms with van der Waals surface area (Å²) in [5.74, 6) is 1.27. The molecule has 42 heavy (non-hydrogen) atoms. The van der Waals surface area contributed by atoms with Gasteiger partial charge in [0.25, 0.3) is 5.56 Å². The highest BCUT2D eigenvalue weighted by Crippen LogP contribution is 2.49. The minimum atomic E-state index is -1.73. The summed E-state index contributed by atoms with van der Waals surface area (Å²) < 4.78 is 18.4. The molecule has 0 spiro atoms. The van der Waals surface area contributed by atoms with Crippen molar-refractivity contribution < 1.29 is 24.4 Å². The number of aryl methyl sites for hydroxylation is 1. The number of rotatable bonds is 9. The topological polar surface area (TPSA) is 149 Å². The third kappa shape index (κ3) is 4.92. The quantitative estimate of drug-likeness (QED) is 0.223. The number of nitrogens with zero attached hydrogens (tertiary/aromatic N) is 1. The molecule has 10 nitrogen and oxygen atoms in total. The standard InChI is InChI=1S/C32H35N3O7/c1-20-18-35(30(38)34-29(20)37)26-17-31(39,19-33)28(42-26)27(36)32(21-7-5-4-6-8-21,22-9-13-24(40-2)14-10-22)23-11-15-25(41-3)16-12-23/h4-16,18,26-28,36,39H,17,19,33H2,1-3H3,(H,34,37,38)/t26-,27?,28-,31-/m1/s1. The maximum absolute atomic E-state index is 12.8. The van der Waals surface area contributed by atoms with Gasteiger partial charge in [-0.05, 0) is 47.9 Å². The molecule has 5 rings (SSSR count). The highest BCUT2D eigenvalue weighted by atomic mass is 16.5. The van der Waals surface area contributed by atoms with Crippen LogP contribution in [0.5, 0.6) is 11.5 Å². The molecule has 4 aromatic rings. The second-order valence-electron chi connectivity index (χ2n) is 10.6. The summed E-state index contributed by atoms with van der Waals surface area (Å²) in [6.07, 6.45) is -2.38. The second kappa shape index (κ2) is 11.6. The highest BCUT2D eigenvalue weighted by Gasteiger charge is 2.57. The van der Waals surface area contributed by atoms with Crippen LogP contribution < -0.4 is 26.5 Å². The molecule has 0 aliphatic carbocycles. The zero-order valence-corrected chi connectivity index (χ0v) is 23.7. The van der Waals surface area contributed by atoms with Crippen LogP contribution >= 0.6 is 0 Å². The minimum absolute atomic E-state index is 0.0906. The normalized spacial score (nSPS) is 21.2. The summed E-state index contributed by atoms with van der Waals surface area (Å²) >= 11 is 0. The van der Waals surface area contributed by atoms with Crippen molar-refractivity contribution in [2.75, 3.05) is 20.8 Å². The molecular formula is C32H35N3O7. The van der Waals surface area contributed by atoms with Crippen LogP contribution in [0.25, 0.3) is 0 Å². The van der Waals surface area contributed by atoms with Crippen LogP contribution in [0.2, 0.25) is 0 Å². The molecule has 0 radical (unpaired) electrons. The first-order valence-corrected chi connectivity index (χ1v) is 13.6. The molecule has 1 aliphatic rings. The first kappa shape index (κ1) is 29.3. The summed E-state index contributed by atoms with van der Waals surface area (Å²) in [5.41, 5.74) is 4.37. The lowest BCUT2D eigenvalue weighted by Crippen LogP contribution is -2.58. The van der Waals surface area contributed by atoms with Gasteiger partial charge in [0.05, 0.1) is 19.6 Å². The van der Waals surface area contributed by atoms with E-state index in [2.05, 4.69) is 4.98 Å². The number of H-pyrrole nitrogens is 1. The molecule has 1 saturated heterocycles. The first-order valence-electron chi connectivity index (χ1n) is 13.6. The van der Waals surface area contributed by atoms with Crippen molar-refractivity contribution in [1.29, 1.82) is 0 Å². The van der Waals surface area contributed by atoms with Crippen LogP contribution in [-0.4, -0.2) is 58.3 Å².